The van der Waals surface area contributed by atoms with Crippen LogP contribution in [0.2, 0.25) is 0 Å². The molecule has 1 aliphatic rings. The van der Waals surface area contributed by atoms with E-state index in [-0.39, 0.29) is 11.9 Å². The Morgan fingerprint density at radius 2 is 2.00 bits per heavy atom. The van der Waals surface area contributed by atoms with Gasteiger partial charge in [0.2, 0.25) is 5.91 Å². The van der Waals surface area contributed by atoms with Crippen molar-refractivity contribution in [2.45, 2.75) is 39.2 Å². The van der Waals surface area contributed by atoms with Crippen molar-refractivity contribution < 1.29 is 4.79 Å². The first kappa shape index (κ1) is 14.8. The van der Waals surface area contributed by atoms with Gasteiger partial charge in [-0.1, -0.05) is 55.5 Å². The average Bonchev–Trinajstić information content (AvgIpc) is 3.03. The van der Waals surface area contributed by atoms with Crippen molar-refractivity contribution in [3.05, 3.63) is 59.7 Å². The number of allylic oxidation sites excluding steroid dienone is 1. The molecule has 0 radical (unpaired) electrons. The quantitative estimate of drug-likeness (QED) is 0.740. The first-order valence-electron chi connectivity index (χ1n) is 8.17. The highest BCUT2D eigenvalue weighted by Gasteiger charge is 2.31. The molecule has 1 unspecified atom stereocenters. The van der Waals surface area contributed by atoms with Gasteiger partial charge in [0.1, 0.15) is 0 Å². The smallest absolute Gasteiger partial charge is 0.249 e. The standard InChI is InChI=1S/C20H23NO/c1-3-8-15(2)20(22)21-14-7-13-19(21)18-12-6-10-16-9-4-5-11-17(16)18/h4-6,8-12,19H,3,7,13-14H2,1-2H3/b15-8-. The van der Waals surface area contributed by atoms with E-state index in [0.29, 0.717) is 0 Å². The van der Waals surface area contributed by atoms with E-state index in [1.54, 1.807) is 0 Å². The Hall–Kier alpha value is -2.09. The lowest BCUT2D eigenvalue weighted by atomic mass is 9.97. The van der Waals surface area contributed by atoms with Crippen molar-refractivity contribution in [1.82, 2.24) is 4.90 Å². The SMILES string of the molecule is CC/C=C(/C)C(=O)N1CCCC1c1cccc2ccccc12. The number of likely N-dealkylation sites (tertiary alicyclic amines) is 1. The Balaban J connectivity index is 1.99. The zero-order chi connectivity index (χ0) is 15.5. The molecular weight excluding hydrogens is 270 g/mol. The monoisotopic (exact) mass is 293 g/mol. The molecule has 0 spiro atoms. The van der Waals surface area contributed by atoms with Gasteiger partial charge in [-0.3, -0.25) is 4.79 Å². The summed E-state index contributed by atoms with van der Waals surface area (Å²) < 4.78 is 0. The van der Waals surface area contributed by atoms with E-state index in [2.05, 4.69) is 54.3 Å². The van der Waals surface area contributed by atoms with Gasteiger partial charge < -0.3 is 4.90 Å². The summed E-state index contributed by atoms with van der Waals surface area (Å²) in [6.07, 6.45) is 5.07. The highest BCUT2D eigenvalue weighted by Crippen LogP contribution is 2.36. The van der Waals surface area contributed by atoms with Crippen molar-refractivity contribution in [3.8, 4) is 0 Å². The third-order valence-corrected chi connectivity index (χ3v) is 4.54. The third-order valence-electron chi connectivity index (χ3n) is 4.54. The van der Waals surface area contributed by atoms with Crippen LogP contribution in [-0.4, -0.2) is 17.4 Å². The molecule has 0 aromatic heterocycles. The minimum absolute atomic E-state index is 0.192. The second-order valence-electron chi connectivity index (χ2n) is 6.02. The molecule has 0 aliphatic carbocycles. The second-order valence-corrected chi connectivity index (χ2v) is 6.02. The summed E-state index contributed by atoms with van der Waals surface area (Å²) in [5.74, 6) is 0.192. The van der Waals surface area contributed by atoms with E-state index in [1.807, 2.05) is 13.0 Å². The average molecular weight is 293 g/mol. The topological polar surface area (TPSA) is 20.3 Å². The molecule has 114 valence electrons. The zero-order valence-corrected chi connectivity index (χ0v) is 13.4. The van der Waals surface area contributed by atoms with Gasteiger partial charge in [0.05, 0.1) is 6.04 Å². The Labute approximate surface area is 132 Å². The van der Waals surface area contributed by atoms with Gasteiger partial charge in [0, 0.05) is 12.1 Å². The maximum absolute atomic E-state index is 12.7. The lowest BCUT2D eigenvalue weighted by Gasteiger charge is -2.26. The van der Waals surface area contributed by atoms with Crippen LogP contribution in [0.1, 0.15) is 44.7 Å². The molecular formula is C20H23NO. The summed E-state index contributed by atoms with van der Waals surface area (Å²) in [5.41, 5.74) is 2.16. The normalized spacial score (nSPS) is 18.9. The molecule has 2 heteroatoms. The first-order chi connectivity index (χ1) is 10.7. The predicted molar refractivity (Wildman–Crippen MR) is 91.7 cm³/mol. The molecule has 0 saturated carbocycles. The van der Waals surface area contributed by atoms with Crippen LogP contribution in [0.15, 0.2) is 54.1 Å². The first-order valence-corrected chi connectivity index (χ1v) is 8.17. The van der Waals surface area contributed by atoms with Crippen molar-refractivity contribution in [3.63, 3.8) is 0 Å². The number of nitrogens with zero attached hydrogens (tertiary/aromatic N) is 1. The largest absolute Gasteiger partial charge is 0.332 e. The molecule has 1 amide bonds. The maximum atomic E-state index is 12.7. The molecule has 2 aromatic carbocycles. The van der Waals surface area contributed by atoms with Crippen LogP contribution in [0, 0.1) is 0 Å². The summed E-state index contributed by atoms with van der Waals surface area (Å²) in [6, 6.07) is 15.1. The summed E-state index contributed by atoms with van der Waals surface area (Å²) in [4.78, 5) is 14.8. The lowest BCUT2D eigenvalue weighted by Crippen LogP contribution is -2.31. The molecule has 1 saturated heterocycles. The number of carbonyl (C=O) groups is 1. The van der Waals surface area contributed by atoms with E-state index in [9.17, 15) is 4.79 Å². The molecule has 1 heterocycles. The number of benzene rings is 2. The Morgan fingerprint density at radius 3 is 2.82 bits per heavy atom. The number of hydrogen-bond donors (Lipinski definition) is 0. The van der Waals surface area contributed by atoms with Gasteiger partial charge in [-0.2, -0.15) is 0 Å². The Kier molecular flexibility index (Phi) is 4.28. The van der Waals surface area contributed by atoms with Crippen LogP contribution >= 0.6 is 0 Å². The fraction of sp³-hybridized carbons (Fsp3) is 0.350. The zero-order valence-electron chi connectivity index (χ0n) is 13.4. The number of amides is 1. The number of fused-ring (bicyclic) bond motifs is 1. The molecule has 2 aromatic rings. The fourth-order valence-corrected chi connectivity index (χ4v) is 3.49. The van der Waals surface area contributed by atoms with Crippen molar-refractivity contribution in [2.24, 2.45) is 0 Å². The van der Waals surface area contributed by atoms with Crippen LogP contribution in [0.5, 0.6) is 0 Å². The van der Waals surface area contributed by atoms with Crippen molar-refractivity contribution >= 4 is 16.7 Å². The highest BCUT2D eigenvalue weighted by atomic mass is 16.2. The molecule has 1 atom stereocenters. The van der Waals surface area contributed by atoms with Gasteiger partial charge >= 0.3 is 0 Å². The molecule has 0 N–H and O–H groups in total. The number of rotatable bonds is 3. The number of carbonyl (C=O) groups excluding carboxylic acids is 1. The molecule has 1 fully saturated rings. The fourth-order valence-electron chi connectivity index (χ4n) is 3.49. The number of hydrogen-bond acceptors (Lipinski definition) is 1. The van der Waals surface area contributed by atoms with Crippen LogP contribution in [0.3, 0.4) is 0 Å². The van der Waals surface area contributed by atoms with Crippen LogP contribution in [0.4, 0.5) is 0 Å². The van der Waals surface area contributed by atoms with Gasteiger partial charge in [-0.25, -0.2) is 0 Å². The molecule has 1 aliphatic heterocycles. The summed E-state index contributed by atoms with van der Waals surface area (Å²) in [6.45, 7) is 4.87. The summed E-state index contributed by atoms with van der Waals surface area (Å²) >= 11 is 0. The third kappa shape index (κ3) is 2.66. The van der Waals surface area contributed by atoms with Gasteiger partial charge in [0.15, 0.2) is 0 Å². The highest BCUT2D eigenvalue weighted by molar-refractivity contribution is 5.94. The Bertz CT molecular complexity index is 711. The molecule has 2 nitrogen and oxygen atoms in total. The van der Waals surface area contributed by atoms with Gasteiger partial charge in [0.25, 0.3) is 0 Å². The minimum atomic E-state index is 0.192. The summed E-state index contributed by atoms with van der Waals surface area (Å²) in [5, 5.41) is 2.52. The van der Waals surface area contributed by atoms with Crippen LogP contribution in [0.25, 0.3) is 10.8 Å². The van der Waals surface area contributed by atoms with E-state index in [1.165, 1.54) is 16.3 Å². The van der Waals surface area contributed by atoms with E-state index < -0.39 is 0 Å². The van der Waals surface area contributed by atoms with E-state index in [0.717, 1.165) is 31.4 Å². The maximum Gasteiger partial charge on any atom is 0.249 e. The summed E-state index contributed by atoms with van der Waals surface area (Å²) in [7, 11) is 0. The minimum Gasteiger partial charge on any atom is -0.332 e. The van der Waals surface area contributed by atoms with Gasteiger partial charge in [-0.05, 0) is 42.5 Å². The van der Waals surface area contributed by atoms with Crippen LogP contribution in [-0.2, 0) is 4.79 Å². The molecule has 3 rings (SSSR count). The van der Waals surface area contributed by atoms with E-state index in [4.69, 9.17) is 0 Å². The van der Waals surface area contributed by atoms with Crippen molar-refractivity contribution in [2.75, 3.05) is 6.54 Å². The van der Waals surface area contributed by atoms with Gasteiger partial charge in [-0.15, -0.1) is 0 Å². The second kappa shape index (κ2) is 6.35. The van der Waals surface area contributed by atoms with Crippen LogP contribution < -0.4 is 0 Å². The predicted octanol–water partition coefficient (Wildman–Crippen LogP) is 4.86. The molecule has 0 bridgehead atoms. The Morgan fingerprint density at radius 1 is 1.23 bits per heavy atom. The lowest BCUT2D eigenvalue weighted by molar-refractivity contribution is -0.128. The molecule has 22 heavy (non-hydrogen) atoms. The van der Waals surface area contributed by atoms with Crippen molar-refractivity contribution in [1.29, 1.82) is 0 Å². The van der Waals surface area contributed by atoms with E-state index >= 15 is 0 Å².